The number of hydrogen-bond donors (Lipinski definition) is 1. The predicted octanol–water partition coefficient (Wildman–Crippen LogP) is 1.94. The van der Waals surface area contributed by atoms with Crippen molar-refractivity contribution in [1.29, 1.82) is 0 Å². The van der Waals surface area contributed by atoms with Crippen LogP contribution in [-0.2, 0) is 11.2 Å². The van der Waals surface area contributed by atoms with E-state index in [2.05, 4.69) is 4.90 Å². The molecule has 18 heavy (non-hydrogen) atoms. The molecule has 2 N–H and O–H groups in total. The number of nitrogens with zero attached hydrogens (tertiary/aromatic N) is 1. The van der Waals surface area contributed by atoms with Gasteiger partial charge in [0.25, 0.3) is 0 Å². The van der Waals surface area contributed by atoms with Crippen LogP contribution in [0.15, 0.2) is 18.2 Å². The van der Waals surface area contributed by atoms with Crippen LogP contribution < -0.4 is 10.6 Å². The Hall–Kier alpha value is -1.13. The summed E-state index contributed by atoms with van der Waals surface area (Å²) in [4.78, 5) is 2.15. The van der Waals surface area contributed by atoms with E-state index in [1.807, 2.05) is 19.1 Å². The Balaban J connectivity index is 2.08. The molecule has 100 valence electrons. The molecule has 3 nitrogen and oxygen atoms in total. The van der Waals surface area contributed by atoms with E-state index < -0.39 is 0 Å². The van der Waals surface area contributed by atoms with Crippen LogP contribution >= 0.6 is 0 Å². The SMILES string of the molecule is CCC(N)Cc1ccc(N2CCOCC2)cc1F. The minimum Gasteiger partial charge on any atom is -0.378 e. The highest BCUT2D eigenvalue weighted by atomic mass is 19.1. The number of benzene rings is 1. The Morgan fingerprint density at radius 3 is 2.72 bits per heavy atom. The number of ether oxygens (including phenoxy) is 1. The van der Waals surface area contributed by atoms with Crippen LogP contribution in [0, 0.1) is 5.82 Å². The Morgan fingerprint density at radius 1 is 1.39 bits per heavy atom. The van der Waals surface area contributed by atoms with Crippen LogP contribution in [0.1, 0.15) is 18.9 Å². The molecule has 1 fully saturated rings. The normalized spacial score (nSPS) is 17.8. The molecular weight excluding hydrogens is 231 g/mol. The van der Waals surface area contributed by atoms with E-state index >= 15 is 0 Å². The molecule has 4 heteroatoms. The second-order valence-electron chi connectivity index (χ2n) is 4.75. The van der Waals surface area contributed by atoms with Gasteiger partial charge in [0.05, 0.1) is 13.2 Å². The van der Waals surface area contributed by atoms with Crippen LogP contribution in [0.25, 0.3) is 0 Å². The summed E-state index contributed by atoms with van der Waals surface area (Å²) >= 11 is 0. The maximum absolute atomic E-state index is 14.0. The number of nitrogens with two attached hydrogens (primary N) is 1. The number of halogens is 1. The third-order valence-corrected chi connectivity index (χ3v) is 3.42. The van der Waals surface area contributed by atoms with E-state index in [0.717, 1.165) is 25.2 Å². The van der Waals surface area contributed by atoms with Gasteiger partial charge in [-0.25, -0.2) is 4.39 Å². The van der Waals surface area contributed by atoms with E-state index in [1.54, 1.807) is 6.07 Å². The highest BCUT2D eigenvalue weighted by Crippen LogP contribution is 2.20. The van der Waals surface area contributed by atoms with Gasteiger partial charge >= 0.3 is 0 Å². The quantitative estimate of drug-likeness (QED) is 0.890. The van der Waals surface area contributed by atoms with Crippen molar-refractivity contribution in [2.75, 3.05) is 31.2 Å². The van der Waals surface area contributed by atoms with Crippen molar-refractivity contribution in [2.45, 2.75) is 25.8 Å². The molecule has 0 saturated carbocycles. The van der Waals surface area contributed by atoms with Gasteiger partial charge in [0.1, 0.15) is 5.82 Å². The van der Waals surface area contributed by atoms with Gasteiger partial charge in [0, 0.05) is 24.8 Å². The van der Waals surface area contributed by atoms with Crippen molar-refractivity contribution >= 4 is 5.69 Å². The minimum absolute atomic E-state index is 0.0359. The average Bonchev–Trinajstić information content (AvgIpc) is 2.42. The second-order valence-corrected chi connectivity index (χ2v) is 4.75. The molecule has 1 saturated heterocycles. The van der Waals surface area contributed by atoms with E-state index in [0.29, 0.717) is 25.2 Å². The molecule has 0 aliphatic carbocycles. The molecule has 1 aliphatic rings. The third kappa shape index (κ3) is 3.21. The lowest BCUT2D eigenvalue weighted by molar-refractivity contribution is 0.122. The summed E-state index contributed by atoms with van der Waals surface area (Å²) in [7, 11) is 0. The number of hydrogen-bond acceptors (Lipinski definition) is 3. The van der Waals surface area contributed by atoms with Gasteiger partial charge in [-0.3, -0.25) is 0 Å². The summed E-state index contributed by atoms with van der Waals surface area (Å²) in [6, 6.07) is 5.49. The Labute approximate surface area is 108 Å². The molecule has 1 aromatic rings. The molecule has 2 rings (SSSR count). The van der Waals surface area contributed by atoms with Gasteiger partial charge in [0.2, 0.25) is 0 Å². The molecule has 0 bridgehead atoms. The second kappa shape index (κ2) is 6.16. The summed E-state index contributed by atoms with van der Waals surface area (Å²) in [6.07, 6.45) is 1.47. The van der Waals surface area contributed by atoms with E-state index in [9.17, 15) is 4.39 Å². The first-order chi connectivity index (χ1) is 8.70. The van der Waals surface area contributed by atoms with Gasteiger partial charge in [-0.1, -0.05) is 13.0 Å². The maximum Gasteiger partial charge on any atom is 0.128 e. The maximum atomic E-state index is 14.0. The molecule has 0 amide bonds. The molecule has 0 radical (unpaired) electrons. The summed E-state index contributed by atoms with van der Waals surface area (Å²) in [5.41, 5.74) is 7.51. The molecule has 1 aliphatic heterocycles. The first-order valence-corrected chi connectivity index (χ1v) is 6.57. The fourth-order valence-corrected chi connectivity index (χ4v) is 2.15. The van der Waals surface area contributed by atoms with Crippen molar-refractivity contribution in [2.24, 2.45) is 5.73 Å². The van der Waals surface area contributed by atoms with Gasteiger partial charge < -0.3 is 15.4 Å². The molecule has 1 aromatic carbocycles. The third-order valence-electron chi connectivity index (χ3n) is 3.42. The fraction of sp³-hybridized carbons (Fsp3) is 0.571. The standard InChI is InChI=1S/C14H21FN2O/c1-2-12(16)9-11-3-4-13(10-14(11)15)17-5-7-18-8-6-17/h3-4,10,12H,2,5-9,16H2,1H3. The zero-order chi connectivity index (χ0) is 13.0. The van der Waals surface area contributed by atoms with E-state index in [4.69, 9.17) is 10.5 Å². The van der Waals surface area contributed by atoms with Crippen molar-refractivity contribution in [1.82, 2.24) is 0 Å². The molecule has 0 aromatic heterocycles. The highest BCUT2D eigenvalue weighted by molar-refractivity contribution is 5.48. The Bertz CT molecular complexity index is 391. The zero-order valence-electron chi connectivity index (χ0n) is 10.9. The van der Waals surface area contributed by atoms with Crippen molar-refractivity contribution in [3.63, 3.8) is 0 Å². The summed E-state index contributed by atoms with van der Waals surface area (Å²) in [6.45, 7) is 5.10. The van der Waals surface area contributed by atoms with Gasteiger partial charge in [-0.15, -0.1) is 0 Å². The van der Waals surface area contributed by atoms with Crippen LogP contribution in [0.2, 0.25) is 0 Å². The first kappa shape index (κ1) is 13.3. The lowest BCUT2D eigenvalue weighted by Crippen LogP contribution is -2.36. The molecule has 0 spiro atoms. The monoisotopic (exact) mass is 252 g/mol. The van der Waals surface area contributed by atoms with E-state index in [1.165, 1.54) is 0 Å². The number of rotatable bonds is 4. The van der Waals surface area contributed by atoms with Crippen LogP contribution in [-0.4, -0.2) is 32.3 Å². The lowest BCUT2D eigenvalue weighted by Gasteiger charge is -2.29. The van der Waals surface area contributed by atoms with Crippen LogP contribution in [0.4, 0.5) is 10.1 Å². The number of morpholine rings is 1. The summed E-state index contributed by atoms with van der Waals surface area (Å²) in [5.74, 6) is -0.150. The van der Waals surface area contributed by atoms with Gasteiger partial charge in [0.15, 0.2) is 0 Å². The molecular formula is C14H21FN2O. The summed E-state index contributed by atoms with van der Waals surface area (Å²) in [5, 5.41) is 0. The van der Waals surface area contributed by atoms with Crippen LogP contribution in [0.3, 0.4) is 0 Å². The predicted molar refractivity (Wildman–Crippen MR) is 71.4 cm³/mol. The molecule has 1 heterocycles. The Morgan fingerprint density at radius 2 is 2.11 bits per heavy atom. The van der Waals surface area contributed by atoms with Crippen molar-refractivity contribution in [3.8, 4) is 0 Å². The summed E-state index contributed by atoms with van der Waals surface area (Å²) < 4.78 is 19.3. The largest absolute Gasteiger partial charge is 0.378 e. The topological polar surface area (TPSA) is 38.5 Å². The highest BCUT2D eigenvalue weighted by Gasteiger charge is 2.14. The lowest BCUT2D eigenvalue weighted by atomic mass is 10.0. The zero-order valence-corrected chi connectivity index (χ0v) is 10.9. The van der Waals surface area contributed by atoms with Gasteiger partial charge in [-0.2, -0.15) is 0 Å². The fourth-order valence-electron chi connectivity index (χ4n) is 2.15. The molecule has 1 atom stereocenters. The number of anilines is 1. The van der Waals surface area contributed by atoms with Crippen LogP contribution in [0.5, 0.6) is 0 Å². The minimum atomic E-state index is -0.150. The van der Waals surface area contributed by atoms with Crippen molar-refractivity contribution < 1.29 is 9.13 Å². The average molecular weight is 252 g/mol. The first-order valence-electron chi connectivity index (χ1n) is 6.57. The van der Waals surface area contributed by atoms with E-state index in [-0.39, 0.29) is 11.9 Å². The van der Waals surface area contributed by atoms with Crippen molar-refractivity contribution in [3.05, 3.63) is 29.6 Å². The Kier molecular flexibility index (Phi) is 4.55. The van der Waals surface area contributed by atoms with Gasteiger partial charge in [-0.05, 0) is 30.5 Å². The molecule has 1 unspecified atom stereocenters. The smallest absolute Gasteiger partial charge is 0.128 e.